The summed E-state index contributed by atoms with van der Waals surface area (Å²) in [5.41, 5.74) is 6.34. The van der Waals surface area contributed by atoms with Crippen LogP contribution in [0.3, 0.4) is 0 Å². The molecular formula is C18H23NO2. The van der Waals surface area contributed by atoms with Crippen molar-refractivity contribution in [3.63, 3.8) is 0 Å². The third-order valence-corrected chi connectivity index (χ3v) is 4.01. The van der Waals surface area contributed by atoms with E-state index in [9.17, 15) is 9.90 Å². The van der Waals surface area contributed by atoms with Gasteiger partial charge < -0.3 is 10.8 Å². The number of rotatable bonds is 7. The van der Waals surface area contributed by atoms with Gasteiger partial charge in [0, 0.05) is 5.92 Å². The van der Waals surface area contributed by atoms with Crippen LogP contribution in [0.1, 0.15) is 44.1 Å². The number of aliphatic hydroxyl groups excluding tert-OH is 1. The topological polar surface area (TPSA) is 63.3 Å². The minimum Gasteiger partial charge on any atom is -0.383 e. The number of nitrogens with two attached hydrogens (primary N) is 1. The zero-order valence-electron chi connectivity index (χ0n) is 12.5. The molecule has 3 heteroatoms. The minimum atomic E-state index is -1.13. The second-order valence-electron chi connectivity index (χ2n) is 5.52. The molecule has 0 saturated carbocycles. The summed E-state index contributed by atoms with van der Waals surface area (Å²) in [6.45, 7) is 2.14. The van der Waals surface area contributed by atoms with Crippen LogP contribution in [0, 0.1) is 0 Å². The fourth-order valence-corrected chi connectivity index (χ4v) is 2.87. The van der Waals surface area contributed by atoms with Crippen molar-refractivity contribution in [3.05, 3.63) is 48.0 Å². The van der Waals surface area contributed by atoms with E-state index in [1.807, 2.05) is 42.5 Å². The second-order valence-corrected chi connectivity index (χ2v) is 5.52. The number of hydrogen-bond donors (Lipinski definition) is 2. The van der Waals surface area contributed by atoms with Crippen molar-refractivity contribution in [1.29, 1.82) is 0 Å². The molecule has 3 N–H and O–H groups in total. The molecule has 2 atom stereocenters. The number of primary amides is 1. The highest BCUT2D eigenvalue weighted by atomic mass is 16.3. The first-order valence-corrected chi connectivity index (χ1v) is 7.60. The monoisotopic (exact) mass is 285 g/mol. The Hall–Kier alpha value is -1.87. The maximum absolute atomic E-state index is 11.5. The van der Waals surface area contributed by atoms with Crippen LogP contribution in [0.15, 0.2) is 42.5 Å². The number of aliphatic hydroxyl groups is 1. The molecule has 2 rings (SSSR count). The van der Waals surface area contributed by atoms with Crippen LogP contribution in [-0.2, 0) is 4.79 Å². The summed E-state index contributed by atoms with van der Waals surface area (Å²) in [6.07, 6.45) is 2.81. The van der Waals surface area contributed by atoms with E-state index in [1.54, 1.807) is 0 Å². The van der Waals surface area contributed by atoms with Crippen molar-refractivity contribution in [2.75, 3.05) is 0 Å². The molecule has 21 heavy (non-hydrogen) atoms. The molecule has 0 spiro atoms. The molecule has 3 nitrogen and oxygen atoms in total. The summed E-state index contributed by atoms with van der Waals surface area (Å²) in [7, 11) is 0. The lowest BCUT2D eigenvalue weighted by atomic mass is 9.85. The first-order valence-electron chi connectivity index (χ1n) is 7.60. The molecule has 2 aromatic rings. The summed E-state index contributed by atoms with van der Waals surface area (Å²) in [5, 5.41) is 12.4. The van der Waals surface area contributed by atoms with Crippen LogP contribution in [0.5, 0.6) is 0 Å². The SMILES string of the molecule is CCCCCC(c1cccc2ccccc12)C(O)C(N)=O. The van der Waals surface area contributed by atoms with E-state index >= 15 is 0 Å². The van der Waals surface area contributed by atoms with E-state index < -0.39 is 12.0 Å². The van der Waals surface area contributed by atoms with Crippen LogP contribution in [0.2, 0.25) is 0 Å². The summed E-state index contributed by atoms with van der Waals surface area (Å²) >= 11 is 0. The van der Waals surface area contributed by atoms with Crippen LogP contribution >= 0.6 is 0 Å². The van der Waals surface area contributed by atoms with Crippen molar-refractivity contribution >= 4 is 16.7 Å². The van der Waals surface area contributed by atoms with Crippen molar-refractivity contribution in [2.45, 2.75) is 44.6 Å². The summed E-state index contributed by atoms with van der Waals surface area (Å²) in [6, 6.07) is 14.0. The lowest BCUT2D eigenvalue weighted by Gasteiger charge is -2.22. The molecule has 112 valence electrons. The van der Waals surface area contributed by atoms with Gasteiger partial charge in [-0.3, -0.25) is 4.79 Å². The van der Waals surface area contributed by atoms with Gasteiger partial charge in [0.15, 0.2) is 0 Å². The molecule has 1 amide bonds. The Bertz CT molecular complexity index is 604. The minimum absolute atomic E-state index is 0.236. The summed E-state index contributed by atoms with van der Waals surface area (Å²) < 4.78 is 0. The highest BCUT2D eigenvalue weighted by molar-refractivity contribution is 5.87. The Morgan fingerprint density at radius 1 is 1.14 bits per heavy atom. The number of carbonyl (C=O) groups excluding carboxylic acids is 1. The largest absolute Gasteiger partial charge is 0.383 e. The maximum Gasteiger partial charge on any atom is 0.246 e. The van der Waals surface area contributed by atoms with Crippen LogP contribution in [0.25, 0.3) is 10.8 Å². The van der Waals surface area contributed by atoms with Gasteiger partial charge in [0.2, 0.25) is 5.91 Å². The Balaban J connectivity index is 2.40. The van der Waals surface area contributed by atoms with Crippen molar-refractivity contribution < 1.29 is 9.90 Å². The van der Waals surface area contributed by atoms with E-state index in [0.717, 1.165) is 42.0 Å². The van der Waals surface area contributed by atoms with Gasteiger partial charge in [0.1, 0.15) is 6.10 Å². The molecule has 2 unspecified atom stereocenters. The fourth-order valence-electron chi connectivity index (χ4n) is 2.87. The molecule has 0 heterocycles. The molecule has 0 saturated heterocycles. The van der Waals surface area contributed by atoms with Crippen LogP contribution in [-0.4, -0.2) is 17.1 Å². The Morgan fingerprint density at radius 2 is 1.86 bits per heavy atom. The average molecular weight is 285 g/mol. The van der Waals surface area contributed by atoms with Gasteiger partial charge in [0.25, 0.3) is 0 Å². The third kappa shape index (κ3) is 3.61. The zero-order valence-corrected chi connectivity index (χ0v) is 12.5. The van der Waals surface area contributed by atoms with E-state index in [0.29, 0.717) is 0 Å². The quantitative estimate of drug-likeness (QED) is 0.766. The molecule has 0 radical (unpaired) electrons. The zero-order chi connectivity index (χ0) is 15.2. The molecule has 0 fully saturated rings. The van der Waals surface area contributed by atoms with Gasteiger partial charge in [-0.25, -0.2) is 0 Å². The number of fused-ring (bicyclic) bond motifs is 1. The highest BCUT2D eigenvalue weighted by Crippen LogP contribution is 2.32. The summed E-state index contributed by atoms with van der Waals surface area (Å²) in [4.78, 5) is 11.5. The van der Waals surface area contributed by atoms with E-state index in [1.165, 1.54) is 0 Å². The number of hydrogen-bond acceptors (Lipinski definition) is 2. The first kappa shape index (κ1) is 15.5. The number of amides is 1. The smallest absolute Gasteiger partial charge is 0.246 e. The van der Waals surface area contributed by atoms with Gasteiger partial charge in [-0.2, -0.15) is 0 Å². The van der Waals surface area contributed by atoms with E-state index in [4.69, 9.17) is 5.73 Å². The molecule has 0 aliphatic heterocycles. The van der Waals surface area contributed by atoms with Crippen LogP contribution in [0.4, 0.5) is 0 Å². The molecule has 2 aromatic carbocycles. The van der Waals surface area contributed by atoms with Gasteiger partial charge in [-0.15, -0.1) is 0 Å². The van der Waals surface area contributed by atoms with Crippen molar-refractivity contribution in [1.82, 2.24) is 0 Å². The lowest BCUT2D eigenvalue weighted by Crippen LogP contribution is -2.34. The highest BCUT2D eigenvalue weighted by Gasteiger charge is 2.26. The van der Waals surface area contributed by atoms with Gasteiger partial charge in [-0.05, 0) is 22.8 Å². The van der Waals surface area contributed by atoms with Gasteiger partial charge >= 0.3 is 0 Å². The van der Waals surface area contributed by atoms with Crippen molar-refractivity contribution in [3.8, 4) is 0 Å². The predicted molar refractivity (Wildman–Crippen MR) is 86.0 cm³/mol. The Morgan fingerprint density at radius 3 is 2.57 bits per heavy atom. The van der Waals surface area contributed by atoms with Crippen molar-refractivity contribution in [2.24, 2.45) is 5.73 Å². The molecule has 0 aliphatic carbocycles. The second kappa shape index (κ2) is 7.23. The van der Waals surface area contributed by atoms with Gasteiger partial charge in [0.05, 0.1) is 0 Å². The fraction of sp³-hybridized carbons (Fsp3) is 0.389. The summed E-state index contributed by atoms with van der Waals surface area (Å²) in [5.74, 6) is -0.885. The maximum atomic E-state index is 11.5. The Kier molecular flexibility index (Phi) is 5.34. The normalized spacial score (nSPS) is 14.0. The molecule has 0 bridgehead atoms. The lowest BCUT2D eigenvalue weighted by molar-refractivity contribution is -0.127. The number of carbonyl (C=O) groups is 1. The molecule has 0 aromatic heterocycles. The molecular weight excluding hydrogens is 262 g/mol. The average Bonchev–Trinajstić information content (AvgIpc) is 2.50. The van der Waals surface area contributed by atoms with E-state index in [2.05, 4.69) is 6.92 Å². The van der Waals surface area contributed by atoms with Gasteiger partial charge in [-0.1, -0.05) is 68.7 Å². The standard InChI is InChI=1S/C18H23NO2/c1-2-3-4-11-16(17(20)18(19)21)15-12-7-9-13-8-5-6-10-14(13)15/h5-10,12,16-17,20H,2-4,11H2,1H3,(H2,19,21). The first-order chi connectivity index (χ1) is 10.1. The van der Waals surface area contributed by atoms with Crippen LogP contribution < -0.4 is 5.73 Å². The van der Waals surface area contributed by atoms with E-state index in [-0.39, 0.29) is 5.92 Å². The molecule has 0 aliphatic rings. The number of unbranched alkanes of at least 4 members (excludes halogenated alkanes) is 2. The Labute approximate surface area is 125 Å². The third-order valence-electron chi connectivity index (χ3n) is 4.01. The number of benzene rings is 2. The predicted octanol–water partition coefficient (Wildman–Crippen LogP) is 3.35.